The van der Waals surface area contributed by atoms with Gasteiger partial charge in [-0.05, 0) is 29.9 Å². The minimum Gasteiger partial charge on any atom is -0.387 e. The van der Waals surface area contributed by atoms with Crippen LogP contribution in [0, 0.1) is 0 Å². The monoisotopic (exact) mass is 223 g/mol. The van der Waals surface area contributed by atoms with E-state index in [0.29, 0.717) is 6.54 Å². The second kappa shape index (κ2) is 4.55. The number of hydrogen-bond donors (Lipinski definition) is 2. The fourth-order valence-electron chi connectivity index (χ4n) is 1.59. The minimum atomic E-state index is -0.508. The Hall–Kier alpha value is -1.20. The van der Waals surface area contributed by atoms with E-state index in [1.54, 1.807) is 12.4 Å². The lowest BCUT2D eigenvalue weighted by molar-refractivity contribution is 0.148. The lowest BCUT2D eigenvalue weighted by Crippen LogP contribution is -2.31. The van der Waals surface area contributed by atoms with E-state index in [1.807, 2.05) is 17.0 Å². The molecular weight excluding hydrogens is 210 g/mol. The van der Waals surface area contributed by atoms with Crippen molar-refractivity contribution >= 4 is 17.3 Å². The summed E-state index contributed by atoms with van der Waals surface area (Å²) in [4.78, 5) is 5.88. The number of aromatic nitrogens is 1. The van der Waals surface area contributed by atoms with Crippen molar-refractivity contribution < 1.29 is 5.11 Å². The number of aliphatic hydroxyl groups is 1. The lowest BCUT2D eigenvalue weighted by Gasteiger charge is -2.20. The summed E-state index contributed by atoms with van der Waals surface area (Å²) in [6.07, 6.45) is 2.85. The highest BCUT2D eigenvalue weighted by Gasteiger charge is 2.19. The summed E-state index contributed by atoms with van der Waals surface area (Å²) in [6, 6.07) is 3.63. The molecule has 1 atom stereocenters. The van der Waals surface area contributed by atoms with E-state index in [4.69, 9.17) is 12.2 Å². The molecule has 1 fully saturated rings. The molecule has 5 heteroatoms. The third kappa shape index (κ3) is 2.43. The Balaban J connectivity index is 1.98. The van der Waals surface area contributed by atoms with Crippen LogP contribution in [0.1, 0.15) is 11.7 Å². The first-order valence-electron chi connectivity index (χ1n) is 4.88. The Labute approximate surface area is 93.9 Å². The SMILES string of the molecule is OC(CN1CCNC1=S)c1ccncc1. The molecule has 0 amide bonds. The zero-order valence-corrected chi connectivity index (χ0v) is 9.07. The zero-order chi connectivity index (χ0) is 10.7. The van der Waals surface area contributed by atoms with Gasteiger partial charge < -0.3 is 15.3 Å². The summed E-state index contributed by atoms with van der Waals surface area (Å²) < 4.78 is 0. The van der Waals surface area contributed by atoms with Gasteiger partial charge in [0.2, 0.25) is 0 Å². The molecule has 4 nitrogen and oxygen atoms in total. The maximum absolute atomic E-state index is 9.94. The van der Waals surface area contributed by atoms with Crippen molar-refractivity contribution in [1.82, 2.24) is 15.2 Å². The van der Waals surface area contributed by atoms with Crippen LogP contribution in [0.2, 0.25) is 0 Å². The molecule has 0 spiro atoms. The van der Waals surface area contributed by atoms with Crippen LogP contribution in [0.3, 0.4) is 0 Å². The number of aliphatic hydroxyl groups excluding tert-OH is 1. The number of rotatable bonds is 3. The molecule has 0 bridgehead atoms. The molecule has 2 N–H and O–H groups in total. The molecule has 1 aromatic rings. The molecule has 1 unspecified atom stereocenters. The van der Waals surface area contributed by atoms with Crippen molar-refractivity contribution in [3.63, 3.8) is 0 Å². The summed E-state index contributed by atoms with van der Waals surface area (Å²) >= 11 is 5.10. The van der Waals surface area contributed by atoms with Crippen LogP contribution >= 0.6 is 12.2 Å². The van der Waals surface area contributed by atoms with Crippen LogP contribution in [0.4, 0.5) is 0 Å². The normalized spacial score (nSPS) is 17.7. The highest BCUT2D eigenvalue weighted by molar-refractivity contribution is 7.80. The summed E-state index contributed by atoms with van der Waals surface area (Å²) in [6.45, 7) is 2.26. The highest BCUT2D eigenvalue weighted by atomic mass is 32.1. The fourth-order valence-corrected chi connectivity index (χ4v) is 1.85. The third-order valence-corrected chi connectivity index (χ3v) is 2.83. The van der Waals surface area contributed by atoms with Gasteiger partial charge in [-0.3, -0.25) is 4.98 Å². The van der Waals surface area contributed by atoms with Crippen LogP contribution in [0.5, 0.6) is 0 Å². The average molecular weight is 223 g/mol. The first-order chi connectivity index (χ1) is 7.27. The van der Waals surface area contributed by atoms with E-state index >= 15 is 0 Å². The molecule has 2 heterocycles. The quantitative estimate of drug-likeness (QED) is 0.722. The Morgan fingerprint density at radius 2 is 2.27 bits per heavy atom. The van der Waals surface area contributed by atoms with E-state index < -0.39 is 6.10 Å². The van der Waals surface area contributed by atoms with Crippen LogP contribution in [-0.2, 0) is 0 Å². The van der Waals surface area contributed by atoms with Crippen molar-refractivity contribution in [1.29, 1.82) is 0 Å². The number of pyridine rings is 1. The van der Waals surface area contributed by atoms with E-state index in [1.165, 1.54) is 0 Å². The maximum atomic E-state index is 9.94. The number of hydrogen-bond acceptors (Lipinski definition) is 3. The van der Waals surface area contributed by atoms with Gasteiger partial charge in [0.25, 0.3) is 0 Å². The molecule has 0 aliphatic carbocycles. The zero-order valence-electron chi connectivity index (χ0n) is 8.26. The molecule has 15 heavy (non-hydrogen) atoms. The van der Waals surface area contributed by atoms with Gasteiger partial charge in [0.1, 0.15) is 0 Å². The smallest absolute Gasteiger partial charge is 0.169 e. The van der Waals surface area contributed by atoms with Gasteiger partial charge in [0, 0.05) is 25.5 Å². The van der Waals surface area contributed by atoms with Crippen molar-refractivity contribution in [2.45, 2.75) is 6.10 Å². The fraction of sp³-hybridized carbons (Fsp3) is 0.400. The molecule has 0 radical (unpaired) electrons. The first kappa shape index (κ1) is 10.3. The highest BCUT2D eigenvalue weighted by Crippen LogP contribution is 2.13. The molecule has 1 aliphatic rings. The van der Waals surface area contributed by atoms with Crippen LogP contribution < -0.4 is 5.32 Å². The van der Waals surface area contributed by atoms with Gasteiger partial charge in [-0.1, -0.05) is 0 Å². The largest absolute Gasteiger partial charge is 0.387 e. The second-order valence-corrected chi connectivity index (χ2v) is 3.86. The van der Waals surface area contributed by atoms with Crippen LogP contribution in [0.25, 0.3) is 0 Å². The molecular formula is C10H13N3OS. The molecule has 1 saturated heterocycles. The number of nitrogens with one attached hydrogen (secondary N) is 1. The number of β-amino-alcohol motifs (C(OH)–C–C–N with tert-alkyl or cyclic N) is 1. The Morgan fingerprint density at radius 1 is 1.53 bits per heavy atom. The van der Waals surface area contributed by atoms with Gasteiger partial charge in [-0.25, -0.2) is 0 Å². The van der Waals surface area contributed by atoms with Gasteiger partial charge >= 0.3 is 0 Å². The number of nitrogens with zero attached hydrogens (tertiary/aromatic N) is 2. The van der Waals surface area contributed by atoms with Crippen LogP contribution in [0.15, 0.2) is 24.5 Å². The summed E-state index contributed by atoms with van der Waals surface area (Å²) in [5.74, 6) is 0. The predicted molar refractivity (Wildman–Crippen MR) is 61.4 cm³/mol. The Bertz CT molecular complexity index is 344. The minimum absolute atomic E-state index is 0.508. The third-order valence-electron chi connectivity index (χ3n) is 2.43. The molecule has 80 valence electrons. The lowest BCUT2D eigenvalue weighted by atomic mass is 10.1. The second-order valence-electron chi connectivity index (χ2n) is 3.47. The maximum Gasteiger partial charge on any atom is 0.169 e. The molecule has 1 aromatic heterocycles. The van der Waals surface area contributed by atoms with Crippen molar-refractivity contribution in [2.24, 2.45) is 0 Å². The van der Waals surface area contributed by atoms with E-state index in [9.17, 15) is 5.11 Å². The van der Waals surface area contributed by atoms with Crippen molar-refractivity contribution in [3.05, 3.63) is 30.1 Å². The molecule has 2 rings (SSSR count). The Kier molecular flexibility index (Phi) is 3.13. The van der Waals surface area contributed by atoms with Crippen LogP contribution in [-0.4, -0.2) is 39.7 Å². The van der Waals surface area contributed by atoms with E-state index in [0.717, 1.165) is 23.8 Å². The average Bonchev–Trinajstić information content (AvgIpc) is 2.66. The first-order valence-corrected chi connectivity index (χ1v) is 5.29. The summed E-state index contributed by atoms with van der Waals surface area (Å²) in [5.41, 5.74) is 0.875. The Morgan fingerprint density at radius 3 is 2.87 bits per heavy atom. The number of thiocarbonyl (C=S) groups is 1. The predicted octanol–water partition coefficient (Wildman–Crippen LogP) is 0.305. The van der Waals surface area contributed by atoms with Gasteiger partial charge in [0.15, 0.2) is 5.11 Å². The van der Waals surface area contributed by atoms with Gasteiger partial charge in [-0.2, -0.15) is 0 Å². The van der Waals surface area contributed by atoms with Crippen molar-refractivity contribution in [3.8, 4) is 0 Å². The summed E-state index contributed by atoms with van der Waals surface area (Å²) in [5, 5.41) is 13.7. The van der Waals surface area contributed by atoms with E-state index in [-0.39, 0.29) is 0 Å². The molecule has 0 aromatic carbocycles. The molecule has 1 aliphatic heterocycles. The summed E-state index contributed by atoms with van der Waals surface area (Å²) in [7, 11) is 0. The standard InChI is InChI=1S/C10H13N3OS/c14-9(8-1-3-11-4-2-8)7-13-6-5-12-10(13)15/h1-4,9,14H,5-7H2,(H,12,15). The van der Waals surface area contributed by atoms with Gasteiger partial charge in [0.05, 0.1) is 12.6 Å². The topological polar surface area (TPSA) is 48.4 Å². The van der Waals surface area contributed by atoms with E-state index in [2.05, 4.69) is 10.3 Å². The molecule has 0 saturated carbocycles. The van der Waals surface area contributed by atoms with Crippen molar-refractivity contribution in [2.75, 3.05) is 19.6 Å². The van der Waals surface area contributed by atoms with Gasteiger partial charge in [-0.15, -0.1) is 0 Å².